The Labute approximate surface area is 173 Å². The maximum atomic E-state index is 10.4. The molecule has 4 rings (SSSR count). The van der Waals surface area contributed by atoms with Crippen molar-refractivity contribution in [3.05, 3.63) is 58.1 Å². The fourth-order valence-electron chi connectivity index (χ4n) is 3.80. The van der Waals surface area contributed by atoms with Gasteiger partial charge in [-0.1, -0.05) is 29.8 Å². The van der Waals surface area contributed by atoms with Crippen molar-refractivity contribution in [3.8, 4) is 5.75 Å². The van der Waals surface area contributed by atoms with Gasteiger partial charge in [-0.05, 0) is 41.3 Å². The van der Waals surface area contributed by atoms with Crippen molar-refractivity contribution in [1.82, 2.24) is 0 Å². The van der Waals surface area contributed by atoms with E-state index in [1.807, 2.05) is 24.3 Å². The molecular formula is C21H24ClNO6. The second kappa shape index (κ2) is 8.47. The van der Waals surface area contributed by atoms with E-state index in [1.54, 1.807) is 12.1 Å². The summed E-state index contributed by atoms with van der Waals surface area (Å²) in [5.74, 6) is 0.821. The molecule has 1 saturated heterocycles. The van der Waals surface area contributed by atoms with Gasteiger partial charge in [-0.15, -0.1) is 0 Å². The third kappa shape index (κ3) is 4.07. The van der Waals surface area contributed by atoms with Gasteiger partial charge in [-0.2, -0.15) is 0 Å². The summed E-state index contributed by atoms with van der Waals surface area (Å²) in [7, 11) is 0. The van der Waals surface area contributed by atoms with E-state index in [2.05, 4.69) is 5.32 Å². The van der Waals surface area contributed by atoms with Crippen molar-refractivity contribution in [2.75, 3.05) is 25.1 Å². The first kappa shape index (κ1) is 20.4. The number of aliphatic hydroxyl groups excluding tert-OH is 4. The minimum Gasteiger partial charge on any atom is -0.490 e. The monoisotopic (exact) mass is 421 g/mol. The van der Waals surface area contributed by atoms with Crippen LogP contribution in [0.25, 0.3) is 0 Å². The summed E-state index contributed by atoms with van der Waals surface area (Å²) >= 11 is 6.40. The topological polar surface area (TPSA) is 111 Å². The van der Waals surface area contributed by atoms with Crippen LogP contribution in [0.1, 0.15) is 22.8 Å². The van der Waals surface area contributed by atoms with Crippen LogP contribution >= 0.6 is 11.6 Å². The van der Waals surface area contributed by atoms with E-state index >= 15 is 0 Å². The van der Waals surface area contributed by atoms with E-state index in [9.17, 15) is 20.4 Å². The second-order valence-corrected chi connectivity index (χ2v) is 7.79. The number of benzene rings is 2. The minimum absolute atomic E-state index is 0.466. The minimum atomic E-state index is -1.42. The summed E-state index contributed by atoms with van der Waals surface area (Å²) in [6.45, 7) is 0.926. The SMILES string of the molecule is OCC1OC(c2ccc(Cl)c(Cc3ccc4c(c3)NCCO4)c2)C(O)C(O)C1O. The summed E-state index contributed by atoms with van der Waals surface area (Å²) in [5, 5.41) is 43.7. The molecule has 29 heavy (non-hydrogen) atoms. The first-order chi connectivity index (χ1) is 14.0. The Kier molecular flexibility index (Phi) is 5.96. The molecule has 0 amide bonds. The molecule has 2 aliphatic heterocycles. The molecule has 156 valence electrons. The molecule has 2 aliphatic rings. The van der Waals surface area contributed by atoms with Gasteiger partial charge >= 0.3 is 0 Å². The molecule has 2 aromatic rings. The van der Waals surface area contributed by atoms with Crippen molar-refractivity contribution in [2.45, 2.75) is 36.9 Å². The smallest absolute Gasteiger partial charge is 0.142 e. The van der Waals surface area contributed by atoms with Crippen LogP contribution in [0.2, 0.25) is 5.02 Å². The standard InChI is InChI=1S/C21H24ClNO6/c22-14-3-2-12(21-20(27)19(26)18(25)17(10-24)29-21)9-13(14)7-11-1-4-16-15(8-11)23-5-6-28-16/h1-4,8-9,17-21,23-27H,5-7,10H2. The van der Waals surface area contributed by atoms with Crippen LogP contribution in [-0.2, 0) is 11.2 Å². The first-order valence-electron chi connectivity index (χ1n) is 9.56. The van der Waals surface area contributed by atoms with Gasteiger partial charge in [0.25, 0.3) is 0 Å². The fourth-order valence-corrected chi connectivity index (χ4v) is 3.99. The molecule has 0 bridgehead atoms. The number of halogens is 1. The zero-order valence-corrected chi connectivity index (χ0v) is 16.4. The molecular weight excluding hydrogens is 398 g/mol. The number of hydrogen-bond acceptors (Lipinski definition) is 7. The quantitative estimate of drug-likeness (QED) is 0.505. The molecule has 5 N–H and O–H groups in total. The van der Waals surface area contributed by atoms with Gasteiger partial charge in [0.1, 0.15) is 42.9 Å². The highest BCUT2D eigenvalue weighted by Crippen LogP contribution is 2.35. The van der Waals surface area contributed by atoms with E-state index in [4.69, 9.17) is 21.1 Å². The van der Waals surface area contributed by atoms with Crippen molar-refractivity contribution in [1.29, 1.82) is 0 Å². The van der Waals surface area contributed by atoms with Crippen LogP contribution < -0.4 is 10.1 Å². The normalized spacial score (nSPS) is 28.9. The average molecular weight is 422 g/mol. The maximum Gasteiger partial charge on any atom is 0.142 e. The fraction of sp³-hybridized carbons (Fsp3) is 0.429. The van der Waals surface area contributed by atoms with Crippen LogP contribution in [0.4, 0.5) is 5.69 Å². The van der Waals surface area contributed by atoms with Crippen LogP contribution in [0, 0.1) is 0 Å². The number of hydrogen-bond donors (Lipinski definition) is 5. The van der Waals surface area contributed by atoms with Gasteiger partial charge in [-0.25, -0.2) is 0 Å². The molecule has 2 heterocycles. The summed E-state index contributed by atoms with van der Waals surface area (Å²) in [5.41, 5.74) is 3.42. The summed E-state index contributed by atoms with van der Waals surface area (Å²) in [6, 6.07) is 11.2. The molecule has 8 heteroatoms. The first-order valence-corrected chi connectivity index (χ1v) is 9.94. The Balaban J connectivity index is 1.59. The van der Waals surface area contributed by atoms with Crippen molar-refractivity contribution >= 4 is 17.3 Å². The zero-order chi connectivity index (χ0) is 20.5. The number of nitrogens with one attached hydrogen (secondary N) is 1. The summed E-state index contributed by atoms with van der Waals surface area (Å²) < 4.78 is 11.3. The van der Waals surface area contributed by atoms with E-state index in [0.717, 1.165) is 29.1 Å². The number of anilines is 1. The van der Waals surface area contributed by atoms with E-state index in [1.165, 1.54) is 0 Å². The number of fused-ring (bicyclic) bond motifs is 1. The molecule has 0 spiro atoms. The van der Waals surface area contributed by atoms with Crippen molar-refractivity contribution in [2.24, 2.45) is 0 Å². The van der Waals surface area contributed by atoms with Crippen LogP contribution in [0.5, 0.6) is 5.75 Å². The van der Waals surface area contributed by atoms with Gasteiger partial charge in [-0.3, -0.25) is 0 Å². The summed E-state index contributed by atoms with van der Waals surface area (Å²) in [6.07, 6.45) is -5.42. The Hall–Kier alpha value is -1.87. The lowest BCUT2D eigenvalue weighted by molar-refractivity contribution is -0.231. The largest absolute Gasteiger partial charge is 0.490 e. The van der Waals surface area contributed by atoms with E-state index < -0.39 is 37.1 Å². The van der Waals surface area contributed by atoms with Crippen molar-refractivity contribution in [3.63, 3.8) is 0 Å². The molecule has 5 atom stereocenters. The molecule has 0 saturated carbocycles. The molecule has 0 radical (unpaired) electrons. The lowest BCUT2D eigenvalue weighted by Gasteiger charge is -2.40. The van der Waals surface area contributed by atoms with Gasteiger partial charge in [0.15, 0.2) is 0 Å². The van der Waals surface area contributed by atoms with Crippen LogP contribution in [-0.4, -0.2) is 64.6 Å². The third-order valence-electron chi connectivity index (χ3n) is 5.40. The second-order valence-electron chi connectivity index (χ2n) is 7.38. The highest BCUT2D eigenvalue weighted by Gasteiger charge is 2.44. The lowest BCUT2D eigenvalue weighted by Crippen LogP contribution is -2.55. The maximum absolute atomic E-state index is 10.4. The Morgan fingerprint density at radius 1 is 1.03 bits per heavy atom. The van der Waals surface area contributed by atoms with Gasteiger partial charge in [0.05, 0.1) is 12.3 Å². The Bertz CT molecular complexity index is 876. The number of ether oxygens (including phenoxy) is 2. The Morgan fingerprint density at radius 3 is 2.66 bits per heavy atom. The highest BCUT2D eigenvalue weighted by atomic mass is 35.5. The molecule has 0 aromatic heterocycles. The molecule has 2 aromatic carbocycles. The predicted molar refractivity (Wildman–Crippen MR) is 107 cm³/mol. The third-order valence-corrected chi connectivity index (χ3v) is 5.77. The van der Waals surface area contributed by atoms with Gasteiger partial charge < -0.3 is 35.2 Å². The highest BCUT2D eigenvalue weighted by molar-refractivity contribution is 6.31. The number of rotatable bonds is 4. The predicted octanol–water partition coefficient (Wildman–Crippen LogP) is 1.25. The van der Waals surface area contributed by atoms with Crippen molar-refractivity contribution < 1.29 is 29.9 Å². The van der Waals surface area contributed by atoms with E-state index in [0.29, 0.717) is 23.6 Å². The Morgan fingerprint density at radius 2 is 1.86 bits per heavy atom. The lowest BCUT2D eigenvalue weighted by atomic mass is 9.90. The zero-order valence-electron chi connectivity index (χ0n) is 15.7. The number of aliphatic hydroxyl groups is 4. The molecule has 5 unspecified atom stereocenters. The van der Waals surface area contributed by atoms with Gasteiger partial charge in [0, 0.05) is 11.6 Å². The average Bonchev–Trinajstić information content (AvgIpc) is 2.74. The molecule has 7 nitrogen and oxygen atoms in total. The summed E-state index contributed by atoms with van der Waals surface area (Å²) in [4.78, 5) is 0. The van der Waals surface area contributed by atoms with Gasteiger partial charge in [0.2, 0.25) is 0 Å². The van der Waals surface area contributed by atoms with E-state index in [-0.39, 0.29) is 0 Å². The molecule has 1 fully saturated rings. The van der Waals surface area contributed by atoms with Crippen LogP contribution in [0.3, 0.4) is 0 Å². The van der Waals surface area contributed by atoms with Crippen LogP contribution in [0.15, 0.2) is 36.4 Å². The molecule has 0 aliphatic carbocycles.